The molecule has 22 heavy (non-hydrogen) atoms. The van der Waals surface area contributed by atoms with Crippen molar-refractivity contribution in [2.24, 2.45) is 5.73 Å². The Morgan fingerprint density at radius 3 is 2.59 bits per heavy atom. The second kappa shape index (κ2) is 5.96. The SMILES string of the molecule is COc1ccc(Cc2nc(C3(N)CCCC3)no2)cc1OC. The summed E-state index contributed by atoms with van der Waals surface area (Å²) in [5.74, 6) is 2.58. The summed E-state index contributed by atoms with van der Waals surface area (Å²) >= 11 is 0. The summed E-state index contributed by atoms with van der Waals surface area (Å²) in [7, 11) is 3.23. The Hall–Kier alpha value is -2.08. The maximum Gasteiger partial charge on any atom is 0.231 e. The van der Waals surface area contributed by atoms with Gasteiger partial charge in [0.2, 0.25) is 5.89 Å². The highest BCUT2D eigenvalue weighted by atomic mass is 16.5. The Morgan fingerprint density at radius 1 is 1.18 bits per heavy atom. The van der Waals surface area contributed by atoms with E-state index in [1.54, 1.807) is 14.2 Å². The summed E-state index contributed by atoms with van der Waals surface area (Å²) in [6, 6.07) is 5.74. The Labute approximate surface area is 129 Å². The second-order valence-electron chi connectivity index (χ2n) is 5.74. The monoisotopic (exact) mass is 303 g/mol. The van der Waals surface area contributed by atoms with Crippen LogP contribution in [0.25, 0.3) is 0 Å². The van der Waals surface area contributed by atoms with E-state index in [0.29, 0.717) is 29.6 Å². The maximum absolute atomic E-state index is 6.35. The van der Waals surface area contributed by atoms with Crippen LogP contribution in [0, 0.1) is 0 Å². The minimum Gasteiger partial charge on any atom is -0.493 e. The molecule has 1 aromatic heterocycles. The first-order chi connectivity index (χ1) is 10.6. The zero-order valence-corrected chi connectivity index (χ0v) is 13.0. The van der Waals surface area contributed by atoms with Gasteiger partial charge in [-0.05, 0) is 30.5 Å². The summed E-state index contributed by atoms with van der Waals surface area (Å²) in [5, 5.41) is 4.08. The van der Waals surface area contributed by atoms with Gasteiger partial charge in [0.05, 0.1) is 26.2 Å². The lowest BCUT2D eigenvalue weighted by atomic mass is 9.99. The van der Waals surface area contributed by atoms with Crippen LogP contribution >= 0.6 is 0 Å². The largest absolute Gasteiger partial charge is 0.493 e. The number of nitrogens with zero attached hydrogens (tertiary/aromatic N) is 2. The molecular formula is C16H21N3O3. The minimum atomic E-state index is -0.417. The van der Waals surface area contributed by atoms with Crippen LogP contribution in [0.4, 0.5) is 0 Å². The van der Waals surface area contributed by atoms with Gasteiger partial charge in [0.25, 0.3) is 0 Å². The molecule has 118 valence electrons. The highest BCUT2D eigenvalue weighted by Crippen LogP contribution is 2.35. The van der Waals surface area contributed by atoms with Crippen LogP contribution in [0.15, 0.2) is 22.7 Å². The summed E-state index contributed by atoms with van der Waals surface area (Å²) in [6.45, 7) is 0. The first kappa shape index (κ1) is 14.8. The molecular weight excluding hydrogens is 282 g/mol. The maximum atomic E-state index is 6.35. The molecule has 0 bridgehead atoms. The predicted molar refractivity (Wildman–Crippen MR) is 81.0 cm³/mol. The van der Waals surface area contributed by atoms with Crippen molar-refractivity contribution in [2.45, 2.75) is 37.6 Å². The lowest BCUT2D eigenvalue weighted by Gasteiger charge is -2.17. The van der Waals surface area contributed by atoms with Crippen LogP contribution in [-0.4, -0.2) is 24.4 Å². The highest BCUT2D eigenvalue weighted by molar-refractivity contribution is 5.43. The van der Waals surface area contributed by atoms with Gasteiger partial charge in [0.15, 0.2) is 17.3 Å². The van der Waals surface area contributed by atoms with E-state index in [-0.39, 0.29) is 0 Å². The van der Waals surface area contributed by atoms with Crippen LogP contribution in [0.3, 0.4) is 0 Å². The van der Waals surface area contributed by atoms with Crippen molar-refractivity contribution in [1.82, 2.24) is 10.1 Å². The smallest absolute Gasteiger partial charge is 0.231 e. The molecule has 2 N–H and O–H groups in total. The fraction of sp³-hybridized carbons (Fsp3) is 0.500. The number of ether oxygens (including phenoxy) is 2. The Bertz CT molecular complexity index is 648. The molecule has 1 aromatic carbocycles. The number of benzene rings is 1. The van der Waals surface area contributed by atoms with E-state index in [9.17, 15) is 0 Å². The predicted octanol–water partition coefficient (Wildman–Crippen LogP) is 2.41. The van der Waals surface area contributed by atoms with Gasteiger partial charge in [-0.15, -0.1) is 0 Å². The van der Waals surface area contributed by atoms with Gasteiger partial charge < -0.3 is 19.7 Å². The van der Waals surface area contributed by atoms with Gasteiger partial charge in [-0.1, -0.05) is 24.1 Å². The molecule has 1 aliphatic carbocycles. The van der Waals surface area contributed by atoms with Gasteiger partial charge in [-0.25, -0.2) is 0 Å². The van der Waals surface area contributed by atoms with Gasteiger partial charge in [0.1, 0.15) is 0 Å². The fourth-order valence-electron chi connectivity index (χ4n) is 2.92. The van der Waals surface area contributed by atoms with E-state index in [1.165, 1.54) is 0 Å². The average Bonchev–Trinajstić information content (AvgIpc) is 3.17. The normalized spacial score (nSPS) is 16.7. The Kier molecular flexibility index (Phi) is 4.02. The zero-order chi connectivity index (χ0) is 15.6. The third-order valence-corrected chi connectivity index (χ3v) is 4.21. The molecule has 0 aliphatic heterocycles. The van der Waals surface area contributed by atoms with Crippen molar-refractivity contribution >= 4 is 0 Å². The zero-order valence-electron chi connectivity index (χ0n) is 13.0. The molecule has 1 saturated carbocycles. The minimum absolute atomic E-state index is 0.417. The summed E-state index contributed by atoms with van der Waals surface area (Å²) in [6.07, 6.45) is 4.63. The Balaban J connectivity index is 1.78. The van der Waals surface area contributed by atoms with Gasteiger partial charge in [-0.2, -0.15) is 4.98 Å². The number of hydrogen-bond acceptors (Lipinski definition) is 6. The lowest BCUT2D eigenvalue weighted by Crippen LogP contribution is -2.34. The molecule has 0 unspecified atom stereocenters. The molecule has 3 rings (SSSR count). The topological polar surface area (TPSA) is 83.4 Å². The van der Waals surface area contributed by atoms with E-state index in [1.807, 2.05) is 18.2 Å². The van der Waals surface area contributed by atoms with Crippen molar-refractivity contribution in [1.29, 1.82) is 0 Å². The molecule has 2 aromatic rings. The molecule has 6 nitrogen and oxygen atoms in total. The van der Waals surface area contributed by atoms with Crippen LogP contribution in [0.1, 0.15) is 43.0 Å². The quantitative estimate of drug-likeness (QED) is 0.913. The van der Waals surface area contributed by atoms with Crippen molar-refractivity contribution in [2.75, 3.05) is 14.2 Å². The number of hydrogen-bond donors (Lipinski definition) is 1. The number of nitrogens with two attached hydrogens (primary N) is 1. The van der Waals surface area contributed by atoms with E-state index in [4.69, 9.17) is 19.7 Å². The third-order valence-electron chi connectivity index (χ3n) is 4.21. The first-order valence-corrected chi connectivity index (χ1v) is 7.47. The molecule has 1 fully saturated rings. The number of aromatic nitrogens is 2. The van der Waals surface area contributed by atoms with Crippen molar-refractivity contribution in [3.05, 3.63) is 35.5 Å². The van der Waals surface area contributed by atoms with Crippen molar-refractivity contribution in [3.63, 3.8) is 0 Å². The molecule has 0 amide bonds. The second-order valence-corrected chi connectivity index (χ2v) is 5.74. The Morgan fingerprint density at radius 2 is 1.91 bits per heavy atom. The van der Waals surface area contributed by atoms with Crippen molar-refractivity contribution in [3.8, 4) is 11.5 Å². The van der Waals surface area contributed by atoms with Gasteiger partial charge in [-0.3, -0.25) is 0 Å². The first-order valence-electron chi connectivity index (χ1n) is 7.47. The molecule has 0 atom stereocenters. The summed E-state index contributed by atoms with van der Waals surface area (Å²) < 4.78 is 15.9. The fourth-order valence-corrected chi connectivity index (χ4v) is 2.92. The van der Waals surface area contributed by atoms with Gasteiger partial charge >= 0.3 is 0 Å². The van der Waals surface area contributed by atoms with E-state index in [0.717, 1.165) is 31.2 Å². The van der Waals surface area contributed by atoms with E-state index in [2.05, 4.69) is 10.1 Å². The van der Waals surface area contributed by atoms with Crippen LogP contribution in [0.5, 0.6) is 11.5 Å². The molecule has 0 spiro atoms. The standard InChI is InChI=1S/C16H21N3O3/c1-20-12-6-5-11(9-13(12)21-2)10-14-18-15(19-22-14)16(17)7-3-4-8-16/h5-6,9H,3-4,7-8,10,17H2,1-2H3. The van der Waals surface area contributed by atoms with E-state index >= 15 is 0 Å². The van der Waals surface area contributed by atoms with Crippen LogP contribution in [-0.2, 0) is 12.0 Å². The van der Waals surface area contributed by atoms with Crippen molar-refractivity contribution < 1.29 is 14.0 Å². The average molecular weight is 303 g/mol. The summed E-state index contributed by atoms with van der Waals surface area (Å²) in [5.41, 5.74) is 6.95. The number of methoxy groups -OCH3 is 2. The highest BCUT2D eigenvalue weighted by Gasteiger charge is 2.35. The van der Waals surface area contributed by atoms with Crippen LogP contribution < -0.4 is 15.2 Å². The van der Waals surface area contributed by atoms with Gasteiger partial charge in [0, 0.05) is 0 Å². The molecule has 0 saturated heterocycles. The van der Waals surface area contributed by atoms with E-state index < -0.39 is 5.54 Å². The summed E-state index contributed by atoms with van der Waals surface area (Å²) in [4.78, 5) is 4.48. The molecule has 0 radical (unpaired) electrons. The lowest BCUT2D eigenvalue weighted by molar-refractivity contribution is 0.350. The molecule has 6 heteroatoms. The molecule has 1 aliphatic rings. The third kappa shape index (κ3) is 2.78. The van der Waals surface area contributed by atoms with Crippen LogP contribution in [0.2, 0.25) is 0 Å². The molecule has 1 heterocycles. The number of rotatable bonds is 5.